The van der Waals surface area contributed by atoms with Crippen LogP contribution in [0.25, 0.3) is 0 Å². The second-order valence-corrected chi connectivity index (χ2v) is 5.67. The van der Waals surface area contributed by atoms with E-state index in [4.69, 9.17) is 4.74 Å². The maximum Gasteiger partial charge on any atom is 0.260 e. The van der Waals surface area contributed by atoms with Gasteiger partial charge in [0, 0.05) is 10.5 Å². The molecule has 0 spiro atoms. The molecule has 0 aromatic heterocycles. The highest BCUT2D eigenvalue weighted by atomic mass is 79.9. The highest BCUT2D eigenvalue weighted by Crippen LogP contribution is 2.17. The van der Waals surface area contributed by atoms with Crippen LogP contribution in [0.5, 0.6) is 5.75 Å². The molecular formula is C14H20BrNO2. The lowest BCUT2D eigenvalue weighted by Gasteiger charge is -2.21. The quantitative estimate of drug-likeness (QED) is 0.905. The number of hydrogen-bond acceptors (Lipinski definition) is 2. The standard InChI is InChI=1S/C14H20BrNO2/c1-9(2)10(3)16-14(17)11(4)18-13-7-5-12(15)6-8-13/h5-11H,1-4H3,(H,16,17)/t10-,11+/m0/s1. The molecule has 0 saturated carbocycles. The van der Waals surface area contributed by atoms with Crippen LogP contribution in [0.3, 0.4) is 0 Å². The SMILES string of the molecule is CC(C)[C@H](C)NC(=O)[C@@H](C)Oc1ccc(Br)cc1. The first-order valence-corrected chi connectivity index (χ1v) is 6.92. The molecule has 0 heterocycles. The van der Waals surface area contributed by atoms with E-state index in [1.54, 1.807) is 6.92 Å². The molecule has 0 fully saturated rings. The van der Waals surface area contributed by atoms with Crippen LogP contribution in [0.4, 0.5) is 0 Å². The van der Waals surface area contributed by atoms with Crippen LogP contribution in [-0.2, 0) is 4.79 Å². The van der Waals surface area contributed by atoms with E-state index in [1.165, 1.54) is 0 Å². The van der Waals surface area contributed by atoms with Gasteiger partial charge in [0.2, 0.25) is 0 Å². The average molecular weight is 314 g/mol. The van der Waals surface area contributed by atoms with Crippen molar-refractivity contribution < 1.29 is 9.53 Å². The Bertz CT molecular complexity index is 389. The first-order chi connectivity index (χ1) is 8.40. The van der Waals surface area contributed by atoms with Gasteiger partial charge in [0.1, 0.15) is 5.75 Å². The van der Waals surface area contributed by atoms with Crippen LogP contribution in [-0.4, -0.2) is 18.1 Å². The number of nitrogens with one attached hydrogen (secondary N) is 1. The smallest absolute Gasteiger partial charge is 0.260 e. The number of ether oxygens (including phenoxy) is 1. The summed E-state index contributed by atoms with van der Waals surface area (Å²) in [6.07, 6.45) is -0.493. The molecule has 2 atom stereocenters. The van der Waals surface area contributed by atoms with Crippen LogP contribution in [0.15, 0.2) is 28.7 Å². The van der Waals surface area contributed by atoms with Gasteiger partial charge in [0.25, 0.3) is 5.91 Å². The van der Waals surface area contributed by atoms with E-state index >= 15 is 0 Å². The fourth-order valence-corrected chi connectivity index (χ4v) is 1.54. The van der Waals surface area contributed by atoms with Gasteiger partial charge in [0.05, 0.1) is 0 Å². The molecule has 1 rings (SSSR count). The predicted molar refractivity (Wildman–Crippen MR) is 76.7 cm³/mol. The van der Waals surface area contributed by atoms with Crippen molar-refractivity contribution in [2.45, 2.75) is 39.8 Å². The number of carbonyl (C=O) groups is 1. The summed E-state index contributed by atoms with van der Waals surface area (Å²) in [6.45, 7) is 7.90. The van der Waals surface area contributed by atoms with Crippen molar-refractivity contribution >= 4 is 21.8 Å². The maximum absolute atomic E-state index is 11.9. The molecule has 0 bridgehead atoms. The molecule has 1 aromatic rings. The monoisotopic (exact) mass is 313 g/mol. The van der Waals surface area contributed by atoms with E-state index in [0.29, 0.717) is 11.7 Å². The van der Waals surface area contributed by atoms with Crippen LogP contribution < -0.4 is 10.1 Å². The summed E-state index contributed by atoms with van der Waals surface area (Å²) in [4.78, 5) is 11.9. The van der Waals surface area contributed by atoms with Crippen LogP contribution >= 0.6 is 15.9 Å². The minimum Gasteiger partial charge on any atom is -0.481 e. The lowest BCUT2D eigenvalue weighted by molar-refractivity contribution is -0.128. The van der Waals surface area contributed by atoms with Gasteiger partial charge in [-0.1, -0.05) is 29.8 Å². The summed E-state index contributed by atoms with van der Waals surface area (Å²) in [5.74, 6) is 1.02. The van der Waals surface area contributed by atoms with Gasteiger partial charge in [-0.05, 0) is 44.0 Å². The molecule has 0 aliphatic rings. The maximum atomic E-state index is 11.9. The minimum atomic E-state index is -0.493. The molecule has 4 heteroatoms. The number of carbonyl (C=O) groups excluding carboxylic acids is 1. The largest absolute Gasteiger partial charge is 0.481 e. The van der Waals surface area contributed by atoms with Crippen molar-refractivity contribution in [3.05, 3.63) is 28.7 Å². The topological polar surface area (TPSA) is 38.3 Å². The first kappa shape index (κ1) is 15.0. The number of amides is 1. The van der Waals surface area contributed by atoms with Crippen LogP contribution in [0.1, 0.15) is 27.7 Å². The lowest BCUT2D eigenvalue weighted by Crippen LogP contribution is -2.43. The van der Waals surface area contributed by atoms with Crippen molar-refractivity contribution in [3.8, 4) is 5.75 Å². The van der Waals surface area contributed by atoms with Crippen molar-refractivity contribution in [2.24, 2.45) is 5.92 Å². The van der Waals surface area contributed by atoms with Crippen molar-refractivity contribution in [3.63, 3.8) is 0 Å². The molecular weight excluding hydrogens is 294 g/mol. The van der Waals surface area contributed by atoms with Crippen LogP contribution in [0, 0.1) is 5.92 Å². The summed E-state index contributed by atoms with van der Waals surface area (Å²) in [5, 5.41) is 2.94. The highest BCUT2D eigenvalue weighted by Gasteiger charge is 2.18. The molecule has 1 N–H and O–H groups in total. The summed E-state index contributed by atoms with van der Waals surface area (Å²) in [7, 11) is 0. The Labute approximate surface area is 117 Å². The minimum absolute atomic E-state index is 0.0841. The van der Waals surface area contributed by atoms with Gasteiger partial charge in [-0.2, -0.15) is 0 Å². The Hall–Kier alpha value is -1.03. The van der Waals surface area contributed by atoms with E-state index < -0.39 is 6.10 Å². The summed E-state index contributed by atoms with van der Waals surface area (Å²) < 4.78 is 6.57. The molecule has 1 amide bonds. The van der Waals surface area contributed by atoms with E-state index in [0.717, 1.165) is 4.47 Å². The molecule has 0 aliphatic heterocycles. The summed E-state index contributed by atoms with van der Waals surface area (Å²) in [6, 6.07) is 7.58. The van der Waals surface area contributed by atoms with Gasteiger partial charge in [-0.15, -0.1) is 0 Å². The van der Waals surface area contributed by atoms with Crippen molar-refractivity contribution in [1.82, 2.24) is 5.32 Å². The zero-order chi connectivity index (χ0) is 13.7. The van der Waals surface area contributed by atoms with Crippen molar-refractivity contribution in [2.75, 3.05) is 0 Å². The van der Waals surface area contributed by atoms with Gasteiger partial charge < -0.3 is 10.1 Å². The molecule has 1 aromatic carbocycles. The second kappa shape index (κ2) is 6.78. The Balaban J connectivity index is 2.52. The molecule has 100 valence electrons. The highest BCUT2D eigenvalue weighted by molar-refractivity contribution is 9.10. The van der Waals surface area contributed by atoms with E-state index in [1.807, 2.05) is 31.2 Å². The van der Waals surface area contributed by atoms with Gasteiger partial charge in [0.15, 0.2) is 6.10 Å². The number of rotatable bonds is 5. The Morgan fingerprint density at radius 2 is 1.72 bits per heavy atom. The van der Waals surface area contributed by atoms with Gasteiger partial charge >= 0.3 is 0 Å². The van der Waals surface area contributed by atoms with E-state index in [-0.39, 0.29) is 11.9 Å². The zero-order valence-corrected chi connectivity index (χ0v) is 12.8. The predicted octanol–water partition coefficient (Wildman–Crippen LogP) is 3.38. The molecule has 0 unspecified atom stereocenters. The number of benzene rings is 1. The lowest BCUT2D eigenvalue weighted by atomic mass is 10.1. The fraction of sp³-hybridized carbons (Fsp3) is 0.500. The molecule has 0 radical (unpaired) electrons. The van der Waals surface area contributed by atoms with E-state index in [9.17, 15) is 4.79 Å². The first-order valence-electron chi connectivity index (χ1n) is 6.12. The molecule has 0 saturated heterocycles. The normalized spacial score (nSPS) is 14.1. The average Bonchev–Trinajstić information content (AvgIpc) is 2.31. The fourth-order valence-electron chi connectivity index (χ4n) is 1.28. The van der Waals surface area contributed by atoms with Gasteiger partial charge in [-0.3, -0.25) is 4.79 Å². The Morgan fingerprint density at radius 1 is 1.17 bits per heavy atom. The summed E-state index contributed by atoms with van der Waals surface area (Å²) >= 11 is 3.35. The number of halogens is 1. The summed E-state index contributed by atoms with van der Waals surface area (Å²) in [5.41, 5.74) is 0. The molecule has 18 heavy (non-hydrogen) atoms. The third-order valence-corrected chi connectivity index (χ3v) is 3.39. The Morgan fingerprint density at radius 3 is 2.22 bits per heavy atom. The van der Waals surface area contributed by atoms with E-state index in [2.05, 4.69) is 35.1 Å². The zero-order valence-electron chi connectivity index (χ0n) is 11.2. The van der Waals surface area contributed by atoms with Gasteiger partial charge in [-0.25, -0.2) is 0 Å². The third kappa shape index (κ3) is 4.69. The second-order valence-electron chi connectivity index (χ2n) is 4.76. The van der Waals surface area contributed by atoms with Crippen molar-refractivity contribution in [1.29, 1.82) is 0 Å². The molecule has 3 nitrogen and oxygen atoms in total. The molecule has 0 aliphatic carbocycles. The Kier molecular flexibility index (Phi) is 5.66. The third-order valence-electron chi connectivity index (χ3n) is 2.87. The van der Waals surface area contributed by atoms with Crippen LogP contribution in [0.2, 0.25) is 0 Å². The number of hydrogen-bond donors (Lipinski definition) is 1.